The largest absolute Gasteiger partial charge is 0.399 e. The second-order valence-corrected chi connectivity index (χ2v) is 5.22. The van der Waals surface area contributed by atoms with Crippen LogP contribution < -0.4 is 10.6 Å². The van der Waals surface area contributed by atoms with Crippen LogP contribution in [0.1, 0.15) is 37.0 Å². The van der Waals surface area contributed by atoms with E-state index in [0.29, 0.717) is 11.3 Å². The number of nitrogen functional groups attached to an aromatic ring is 1. The molecule has 0 saturated heterocycles. The van der Waals surface area contributed by atoms with Gasteiger partial charge in [-0.1, -0.05) is 13.3 Å². The molecule has 0 bridgehead atoms. The van der Waals surface area contributed by atoms with Gasteiger partial charge in [-0.25, -0.2) is 0 Å². The first kappa shape index (κ1) is 15.3. The van der Waals surface area contributed by atoms with E-state index in [2.05, 4.69) is 13.8 Å². The highest BCUT2D eigenvalue weighted by molar-refractivity contribution is 6.00. The Morgan fingerprint density at radius 2 is 1.95 bits per heavy atom. The lowest BCUT2D eigenvalue weighted by Gasteiger charge is -2.27. The van der Waals surface area contributed by atoms with E-state index in [1.54, 1.807) is 11.0 Å². The molecule has 1 amide bonds. The molecular weight excluding hydrogens is 238 g/mol. The minimum atomic E-state index is 0.0250. The van der Waals surface area contributed by atoms with Crippen molar-refractivity contribution < 1.29 is 4.79 Å². The number of hydrogen-bond acceptors (Lipinski definition) is 3. The van der Waals surface area contributed by atoms with Crippen LogP contribution >= 0.6 is 0 Å². The first-order valence-corrected chi connectivity index (χ1v) is 6.72. The third-order valence-electron chi connectivity index (χ3n) is 3.42. The van der Waals surface area contributed by atoms with Gasteiger partial charge in [0.1, 0.15) is 0 Å². The van der Waals surface area contributed by atoms with Crippen LogP contribution in [0.15, 0.2) is 18.2 Å². The monoisotopic (exact) mass is 263 g/mol. The quantitative estimate of drug-likeness (QED) is 0.831. The van der Waals surface area contributed by atoms with Crippen LogP contribution in [-0.4, -0.2) is 38.0 Å². The predicted molar refractivity (Wildman–Crippen MR) is 81.6 cm³/mol. The molecule has 0 aromatic heterocycles. The van der Waals surface area contributed by atoms with Crippen molar-refractivity contribution in [3.8, 4) is 0 Å². The van der Waals surface area contributed by atoms with Gasteiger partial charge in [0.2, 0.25) is 0 Å². The Labute approximate surface area is 116 Å². The zero-order chi connectivity index (χ0) is 14.6. The zero-order valence-corrected chi connectivity index (χ0v) is 12.6. The lowest BCUT2D eigenvalue weighted by molar-refractivity contribution is 0.0737. The van der Waals surface area contributed by atoms with E-state index in [4.69, 9.17) is 5.73 Å². The molecule has 0 heterocycles. The number of carbonyl (C=O) groups excluding carboxylic acids is 1. The van der Waals surface area contributed by atoms with E-state index in [-0.39, 0.29) is 11.9 Å². The van der Waals surface area contributed by atoms with Crippen LogP contribution in [0.5, 0.6) is 0 Å². The van der Waals surface area contributed by atoms with Crippen LogP contribution in [-0.2, 0) is 0 Å². The Morgan fingerprint density at radius 3 is 2.47 bits per heavy atom. The van der Waals surface area contributed by atoms with Crippen molar-refractivity contribution in [3.63, 3.8) is 0 Å². The van der Waals surface area contributed by atoms with Gasteiger partial charge in [0, 0.05) is 38.6 Å². The number of hydrogen-bond donors (Lipinski definition) is 1. The average molecular weight is 263 g/mol. The molecule has 4 heteroatoms. The molecule has 19 heavy (non-hydrogen) atoms. The summed E-state index contributed by atoms with van der Waals surface area (Å²) in [5.41, 5.74) is 7.99. The number of anilines is 2. The van der Waals surface area contributed by atoms with Crippen molar-refractivity contribution >= 4 is 17.3 Å². The molecule has 1 rings (SSSR count). The Bertz CT molecular complexity index is 443. The summed E-state index contributed by atoms with van der Waals surface area (Å²) in [7, 11) is 5.71. The van der Waals surface area contributed by atoms with Crippen LogP contribution in [0, 0.1) is 0 Å². The lowest BCUT2D eigenvalue weighted by Crippen LogP contribution is -2.35. The Hall–Kier alpha value is -1.71. The van der Waals surface area contributed by atoms with Crippen molar-refractivity contribution in [1.29, 1.82) is 0 Å². The van der Waals surface area contributed by atoms with E-state index in [0.717, 1.165) is 18.5 Å². The van der Waals surface area contributed by atoms with E-state index < -0.39 is 0 Å². The van der Waals surface area contributed by atoms with Crippen molar-refractivity contribution in [2.75, 3.05) is 31.8 Å². The topological polar surface area (TPSA) is 49.6 Å². The molecule has 0 aliphatic carbocycles. The molecule has 1 aromatic carbocycles. The lowest BCUT2D eigenvalue weighted by atomic mass is 10.1. The summed E-state index contributed by atoms with van der Waals surface area (Å²) in [4.78, 5) is 16.3. The van der Waals surface area contributed by atoms with E-state index >= 15 is 0 Å². The molecule has 1 atom stereocenters. The van der Waals surface area contributed by atoms with Crippen LogP contribution in [0.2, 0.25) is 0 Å². The number of nitrogens with two attached hydrogens (primary N) is 1. The van der Waals surface area contributed by atoms with Gasteiger partial charge in [0.25, 0.3) is 5.91 Å². The smallest absolute Gasteiger partial charge is 0.256 e. The standard InChI is InChI=1S/C15H25N3O/c1-6-7-11(2)18(5)15(19)13-10-12(16)8-9-14(13)17(3)4/h8-11H,6-7,16H2,1-5H3. The molecule has 1 aromatic rings. The molecule has 2 N–H and O–H groups in total. The second-order valence-electron chi connectivity index (χ2n) is 5.22. The third kappa shape index (κ3) is 3.63. The molecule has 0 radical (unpaired) electrons. The van der Waals surface area contributed by atoms with Crippen molar-refractivity contribution in [1.82, 2.24) is 4.90 Å². The molecular formula is C15H25N3O. The van der Waals surface area contributed by atoms with Gasteiger partial charge in [-0.3, -0.25) is 4.79 Å². The first-order chi connectivity index (χ1) is 8.88. The zero-order valence-electron chi connectivity index (χ0n) is 12.6. The van der Waals surface area contributed by atoms with E-state index in [9.17, 15) is 4.79 Å². The number of carbonyl (C=O) groups is 1. The van der Waals surface area contributed by atoms with Crippen molar-refractivity contribution in [3.05, 3.63) is 23.8 Å². The van der Waals surface area contributed by atoms with Crippen molar-refractivity contribution in [2.24, 2.45) is 0 Å². The Kier molecular flexibility index (Phi) is 5.21. The van der Waals surface area contributed by atoms with Crippen LogP contribution in [0.3, 0.4) is 0 Å². The normalized spacial score (nSPS) is 12.1. The Balaban J connectivity index is 3.07. The molecule has 0 aliphatic heterocycles. The minimum absolute atomic E-state index is 0.0250. The van der Waals surface area contributed by atoms with Gasteiger partial charge < -0.3 is 15.5 Å². The van der Waals surface area contributed by atoms with Crippen molar-refractivity contribution in [2.45, 2.75) is 32.7 Å². The summed E-state index contributed by atoms with van der Waals surface area (Å²) in [5, 5.41) is 0. The van der Waals surface area contributed by atoms with Gasteiger partial charge in [0.05, 0.1) is 5.56 Å². The maximum Gasteiger partial charge on any atom is 0.256 e. The average Bonchev–Trinajstić information content (AvgIpc) is 2.36. The fourth-order valence-corrected chi connectivity index (χ4v) is 2.12. The summed E-state index contributed by atoms with van der Waals surface area (Å²) < 4.78 is 0. The number of benzene rings is 1. The number of rotatable bonds is 5. The SMILES string of the molecule is CCCC(C)N(C)C(=O)c1cc(N)ccc1N(C)C. The molecule has 0 spiro atoms. The summed E-state index contributed by atoms with van der Waals surface area (Å²) in [6.45, 7) is 4.20. The molecule has 1 unspecified atom stereocenters. The molecule has 0 fully saturated rings. The van der Waals surface area contributed by atoms with Gasteiger partial charge in [-0.15, -0.1) is 0 Å². The van der Waals surface area contributed by atoms with Gasteiger partial charge >= 0.3 is 0 Å². The third-order valence-corrected chi connectivity index (χ3v) is 3.42. The second kappa shape index (κ2) is 6.45. The van der Waals surface area contributed by atoms with Crippen LogP contribution in [0.25, 0.3) is 0 Å². The van der Waals surface area contributed by atoms with Gasteiger partial charge in [-0.2, -0.15) is 0 Å². The summed E-state index contributed by atoms with van der Waals surface area (Å²) in [6.07, 6.45) is 2.07. The Morgan fingerprint density at radius 1 is 1.32 bits per heavy atom. The fraction of sp³-hybridized carbons (Fsp3) is 0.533. The molecule has 0 saturated carbocycles. The fourth-order valence-electron chi connectivity index (χ4n) is 2.12. The van der Waals surface area contributed by atoms with E-state index in [1.807, 2.05) is 38.2 Å². The first-order valence-electron chi connectivity index (χ1n) is 6.72. The number of amides is 1. The summed E-state index contributed by atoms with van der Waals surface area (Å²) in [5.74, 6) is 0.0250. The highest BCUT2D eigenvalue weighted by Crippen LogP contribution is 2.23. The van der Waals surface area contributed by atoms with Gasteiger partial charge in [-0.05, 0) is 31.5 Å². The maximum absolute atomic E-state index is 12.6. The highest BCUT2D eigenvalue weighted by atomic mass is 16.2. The predicted octanol–water partition coefficient (Wildman–Crippen LogP) is 2.60. The number of nitrogens with zero attached hydrogens (tertiary/aromatic N) is 2. The van der Waals surface area contributed by atoms with Gasteiger partial charge in [0.15, 0.2) is 0 Å². The molecule has 106 valence electrons. The highest BCUT2D eigenvalue weighted by Gasteiger charge is 2.20. The van der Waals surface area contributed by atoms with Crippen LogP contribution in [0.4, 0.5) is 11.4 Å². The minimum Gasteiger partial charge on any atom is -0.399 e. The van der Waals surface area contributed by atoms with E-state index in [1.165, 1.54) is 0 Å². The maximum atomic E-state index is 12.6. The molecule has 4 nitrogen and oxygen atoms in total. The molecule has 0 aliphatic rings. The summed E-state index contributed by atoms with van der Waals surface area (Å²) in [6, 6.07) is 5.70. The summed E-state index contributed by atoms with van der Waals surface area (Å²) >= 11 is 0.